The number of hydrogen-bond acceptors (Lipinski definition) is 4. The van der Waals surface area contributed by atoms with E-state index in [-0.39, 0.29) is 35.9 Å². The molecule has 2 heterocycles. The summed E-state index contributed by atoms with van der Waals surface area (Å²) in [5, 5.41) is 3.51. The number of nitrogens with one attached hydrogen (secondary N) is 1. The van der Waals surface area contributed by atoms with Crippen molar-refractivity contribution in [3.05, 3.63) is 29.8 Å². The lowest BCUT2D eigenvalue weighted by molar-refractivity contribution is -0.135. The molecule has 8 heteroatoms. The molecule has 2 saturated heterocycles. The van der Waals surface area contributed by atoms with E-state index in [4.69, 9.17) is 4.74 Å². The summed E-state index contributed by atoms with van der Waals surface area (Å²) in [5.74, 6) is 2.91. The molecule has 3 fully saturated rings. The SMILES string of the molecule is CN=C(NCc1ccccc1OCC1CC1)N1CCN(C(C)C(=O)N2CCCC2)CC1.I. The Hall–Kier alpha value is -1.55. The third kappa shape index (κ3) is 6.50. The van der Waals surface area contributed by atoms with Crippen LogP contribution in [0.15, 0.2) is 29.3 Å². The van der Waals surface area contributed by atoms with Crippen LogP contribution >= 0.6 is 24.0 Å². The fourth-order valence-electron chi connectivity index (χ4n) is 4.47. The number of guanidine groups is 1. The van der Waals surface area contributed by atoms with Gasteiger partial charge in [-0.25, -0.2) is 0 Å². The smallest absolute Gasteiger partial charge is 0.239 e. The highest BCUT2D eigenvalue weighted by Crippen LogP contribution is 2.30. The van der Waals surface area contributed by atoms with E-state index in [1.165, 1.54) is 12.8 Å². The number of halogens is 1. The van der Waals surface area contributed by atoms with Gasteiger partial charge in [0.2, 0.25) is 5.91 Å². The molecule has 1 N–H and O–H groups in total. The van der Waals surface area contributed by atoms with Gasteiger partial charge < -0.3 is 19.9 Å². The minimum Gasteiger partial charge on any atom is -0.493 e. The lowest BCUT2D eigenvalue weighted by atomic mass is 10.2. The second kappa shape index (κ2) is 12.1. The van der Waals surface area contributed by atoms with E-state index in [1.807, 2.05) is 18.0 Å². The third-order valence-corrected chi connectivity index (χ3v) is 6.73. The van der Waals surface area contributed by atoms with Crippen LogP contribution in [0.4, 0.5) is 0 Å². The van der Waals surface area contributed by atoms with Crippen molar-refractivity contribution in [2.24, 2.45) is 10.9 Å². The van der Waals surface area contributed by atoms with Crippen LogP contribution in [-0.2, 0) is 11.3 Å². The van der Waals surface area contributed by atoms with Crippen molar-refractivity contribution < 1.29 is 9.53 Å². The zero-order valence-corrected chi connectivity index (χ0v) is 21.8. The molecule has 4 rings (SSSR count). The number of likely N-dealkylation sites (tertiary alicyclic amines) is 1. The molecule has 3 aliphatic rings. The quantitative estimate of drug-likeness (QED) is 0.319. The van der Waals surface area contributed by atoms with E-state index in [1.54, 1.807) is 0 Å². The molecule has 0 bridgehead atoms. The number of carbonyl (C=O) groups is 1. The first-order chi connectivity index (χ1) is 15.2. The Balaban J connectivity index is 0.00000289. The maximum atomic E-state index is 12.7. The average Bonchev–Trinajstić information content (AvgIpc) is 3.48. The first kappa shape index (κ1) is 25.1. The molecule has 1 aromatic rings. The number of ether oxygens (including phenoxy) is 1. The number of aliphatic imine (C=N–C) groups is 1. The number of hydrogen-bond donors (Lipinski definition) is 1. The van der Waals surface area contributed by atoms with Crippen molar-refractivity contribution in [1.29, 1.82) is 0 Å². The summed E-state index contributed by atoms with van der Waals surface area (Å²) in [6.45, 7) is 8.91. The summed E-state index contributed by atoms with van der Waals surface area (Å²) in [5.41, 5.74) is 1.16. The van der Waals surface area contributed by atoms with Gasteiger partial charge in [-0.15, -0.1) is 24.0 Å². The average molecular weight is 556 g/mol. The van der Waals surface area contributed by atoms with E-state index in [9.17, 15) is 4.79 Å². The number of benzene rings is 1. The van der Waals surface area contributed by atoms with Crippen molar-refractivity contribution in [3.8, 4) is 5.75 Å². The standard InChI is InChI=1S/C24H37N5O2.HI/c1-19(23(30)28-11-5-6-12-28)27-13-15-29(16-14-27)24(25-2)26-17-21-7-3-4-8-22(21)31-18-20-9-10-20;/h3-4,7-8,19-20H,5-6,9-18H2,1-2H3,(H,25,26);1H. The van der Waals surface area contributed by atoms with Gasteiger partial charge >= 0.3 is 0 Å². The van der Waals surface area contributed by atoms with Crippen LogP contribution < -0.4 is 10.1 Å². The molecule has 7 nitrogen and oxygen atoms in total. The van der Waals surface area contributed by atoms with E-state index < -0.39 is 0 Å². The van der Waals surface area contributed by atoms with Crippen molar-refractivity contribution in [2.75, 3.05) is 52.9 Å². The fourth-order valence-corrected chi connectivity index (χ4v) is 4.47. The van der Waals surface area contributed by atoms with Crippen LogP contribution in [0.1, 0.15) is 38.2 Å². The molecule has 1 atom stereocenters. The van der Waals surface area contributed by atoms with Crippen LogP contribution in [0.3, 0.4) is 0 Å². The normalized spacial score (nSPS) is 20.6. The molecule has 1 aliphatic carbocycles. The maximum Gasteiger partial charge on any atom is 0.239 e. The highest BCUT2D eigenvalue weighted by Gasteiger charge is 2.30. The Morgan fingerprint density at radius 2 is 1.78 bits per heavy atom. The van der Waals surface area contributed by atoms with E-state index in [2.05, 4.69) is 45.2 Å². The number of carbonyl (C=O) groups excluding carboxylic acids is 1. The predicted octanol–water partition coefficient (Wildman–Crippen LogP) is 2.80. The highest BCUT2D eigenvalue weighted by atomic mass is 127. The van der Waals surface area contributed by atoms with Gasteiger partial charge in [0.1, 0.15) is 5.75 Å². The number of piperazine rings is 1. The summed E-state index contributed by atoms with van der Waals surface area (Å²) in [6.07, 6.45) is 4.87. The Labute approximate surface area is 209 Å². The van der Waals surface area contributed by atoms with E-state index >= 15 is 0 Å². The summed E-state index contributed by atoms with van der Waals surface area (Å²) in [4.78, 5) is 23.9. The monoisotopic (exact) mass is 555 g/mol. The molecule has 0 aromatic heterocycles. The molecule has 2 aliphatic heterocycles. The molecule has 0 spiro atoms. The lowest BCUT2D eigenvalue weighted by Gasteiger charge is -2.39. The van der Waals surface area contributed by atoms with Crippen molar-refractivity contribution in [1.82, 2.24) is 20.0 Å². The zero-order chi connectivity index (χ0) is 21.6. The summed E-state index contributed by atoms with van der Waals surface area (Å²) in [7, 11) is 1.84. The first-order valence-corrected chi connectivity index (χ1v) is 11.8. The first-order valence-electron chi connectivity index (χ1n) is 11.8. The van der Waals surface area contributed by atoms with Gasteiger partial charge in [-0.1, -0.05) is 18.2 Å². The minimum atomic E-state index is -0.0364. The minimum absolute atomic E-state index is 0. The molecule has 1 saturated carbocycles. The van der Waals surface area contributed by atoms with Gasteiger partial charge in [-0.05, 0) is 44.6 Å². The van der Waals surface area contributed by atoms with Crippen LogP contribution in [0, 0.1) is 5.92 Å². The van der Waals surface area contributed by atoms with Crippen molar-refractivity contribution >= 4 is 35.8 Å². The van der Waals surface area contributed by atoms with Gasteiger partial charge in [-0.3, -0.25) is 14.7 Å². The zero-order valence-electron chi connectivity index (χ0n) is 19.5. The second-order valence-electron chi connectivity index (χ2n) is 8.99. The third-order valence-electron chi connectivity index (χ3n) is 6.73. The number of rotatable bonds is 7. The van der Waals surface area contributed by atoms with Gasteiger partial charge in [-0.2, -0.15) is 0 Å². The lowest BCUT2D eigenvalue weighted by Crippen LogP contribution is -2.57. The molecular formula is C24H38IN5O2. The Bertz CT molecular complexity index is 771. The van der Waals surface area contributed by atoms with Gasteiger partial charge in [0.05, 0.1) is 12.6 Å². The van der Waals surface area contributed by atoms with Crippen molar-refractivity contribution in [3.63, 3.8) is 0 Å². The Morgan fingerprint density at radius 3 is 2.44 bits per heavy atom. The predicted molar refractivity (Wildman–Crippen MR) is 139 cm³/mol. The fraction of sp³-hybridized carbons (Fsp3) is 0.667. The largest absolute Gasteiger partial charge is 0.493 e. The van der Waals surface area contributed by atoms with Crippen LogP contribution in [0.5, 0.6) is 5.75 Å². The van der Waals surface area contributed by atoms with Crippen molar-refractivity contribution in [2.45, 2.75) is 45.2 Å². The molecule has 1 aromatic carbocycles. The van der Waals surface area contributed by atoms with Crippen LogP contribution in [-0.4, -0.2) is 85.5 Å². The van der Waals surface area contributed by atoms with E-state index in [0.29, 0.717) is 6.54 Å². The van der Waals surface area contributed by atoms with E-state index in [0.717, 1.165) is 81.9 Å². The molecule has 178 valence electrons. The molecule has 32 heavy (non-hydrogen) atoms. The molecule has 0 radical (unpaired) electrons. The van der Waals surface area contributed by atoms with Gasteiger partial charge in [0, 0.05) is 58.4 Å². The summed E-state index contributed by atoms with van der Waals surface area (Å²) in [6, 6.07) is 8.23. The molecule has 1 amide bonds. The van der Waals surface area contributed by atoms with Crippen LogP contribution in [0.25, 0.3) is 0 Å². The van der Waals surface area contributed by atoms with Gasteiger partial charge in [0.25, 0.3) is 0 Å². The maximum absolute atomic E-state index is 12.7. The Kier molecular flexibility index (Phi) is 9.46. The summed E-state index contributed by atoms with van der Waals surface area (Å²) < 4.78 is 6.04. The van der Waals surface area contributed by atoms with Gasteiger partial charge in [0.15, 0.2) is 5.96 Å². The molecule has 1 unspecified atom stereocenters. The number of nitrogens with zero attached hydrogens (tertiary/aromatic N) is 4. The number of para-hydroxylation sites is 1. The molecular weight excluding hydrogens is 517 g/mol. The Morgan fingerprint density at radius 1 is 1.09 bits per heavy atom. The van der Waals surface area contributed by atoms with Crippen LogP contribution in [0.2, 0.25) is 0 Å². The number of amides is 1. The highest BCUT2D eigenvalue weighted by molar-refractivity contribution is 14.0. The second-order valence-corrected chi connectivity index (χ2v) is 8.99. The summed E-state index contributed by atoms with van der Waals surface area (Å²) >= 11 is 0. The topological polar surface area (TPSA) is 60.4 Å².